The van der Waals surface area contributed by atoms with Crippen LogP contribution in [0.4, 0.5) is 0 Å². The highest BCUT2D eigenvalue weighted by Gasteiger charge is 2.10. The lowest BCUT2D eigenvalue weighted by molar-refractivity contribution is 0.991. The first-order valence-corrected chi connectivity index (χ1v) is 6.60. The molecule has 2 nitrogen and oxygen atoms in total. The number of thioether (sulfide) groups is 1. The average Bonchev–Trinajstić information content (AvgIpc) is 2.16. The summed E-state index contributed by atoms with van der Waals surface area (Å²) in [6, 6.07) is 6.58. The zero-order chi connectivity index (χ0) is 12.1. The summed E-state index contributed by atoms with van der Waals surface area (Å²) in [5, 5.41) is 7.61. The van der Waals surface area contributed by atoms with Crippen LogP contribution in [0.1, 0.15) is 30.0 Å². The molecule has 0 aliphatic carbocycles. The maximum atomic E-state index is 7.46. The molecule has 0 radical (unpaired) electrons. The van der Waals surface area contributed by atoms with Gasteiger partial charge in [0.15, 0.2) is 0 Å². The van der Waals surface area contributed by atoms with Gasteiger partial charge in [-0.15, -0.1) is 11.8 Å². The van der Waals surface area contributed by atoms with Crippen molar-refractivity contribution in [3.05, 3.63) is 34.9 Å². The molecule has 1 aromatic rings. The number of benzene rings is 1. The van der Waals surface area contributed by atoms with Gasteiger partial charge in [-0.2, -0.15) is 0 Å². The van der Waals surface area contributed by atoms with Crippen molar-refractivity contribution in [2.45, 2.75) is 38.2 Å². The van der Waals surface area contributed by atoms with Crippen molar-refractivity contribution in [2.75, 3.05) is 0 Å². The highest BCUT2D eigenvalue weighted by Crippen LogP contribution is 2.21. The maximum absolute atomic E-state index is 7.46. The third-order valence-corrected chi connectivity index (χ3v) is 3.94. The SMILES string of the molecule is CCC(SCc1cc(C)cc(C)c1)C(=N)N. The molecule has 0 bridgehead atoms. The largest absolute Gasteiger partial charge is 0.387 e. The van der Waals surface area contributed by atoms with Gasteiger partial charge in [0.05, 0.1) is 5.25 Å². The maximum Gasteiger partial charge on any atom is 0.104 e. The minimum Gasteiger partial charge on any atom is -0.387 e. The van der Waals surface area contributed by atoms with Gasteiger partial charge in [-0.25, -0.2) is 0 Å². The van der Waals surface area contributed by atoms with Gasteiger partial charge in [-0.1, -0.05) is 36.2 Å². The molecule has 0 amide bonds. The minimum absolute atomic E-state index is 0.154. The Morgan fingerprint density at radius 3 is 2.31 bits per heavy atom. The normalized spacial score (nSPS) is 12.4. The Labute approximate surface area is 102 Å². The second kappa shape index (κ2) is 5.94. The summed E-state index contributed by atoms with van der Waals surface area (Å²) in [5.74, 6) is 1.22. The number of rotatable bonds is 5. The van der Waals surface area contributed by atoms with Crippen LogP contribution in [0.5, 0.6) is 0 Å². The molecule has 88 valence electrons. The Morgan fingerprint density at radius 2 is 1.88 bits per heavy atom. The molecule has 1 atom stereocenters. The van der Waals surface area contributed by atoms with E-state index in [9.17, 15) is 0 Å². The first-order valence-electron chi connectivity index (χ1n) is 5.55. The third kappa shape index (κ3) is 3.89. The lowest BCUT2D eigenvalue weighted by atomic mass is 10.1. The number of nitrogens with two attached hydrogens (primary N) is 1. The number of aryl methyl sites for hydroxylation is 2. The Balaban J connectivity index is 2.63. The molecule has 0 aromatic heterocycles. The molecule has 16 heavy (non-hydrogen) atoms. The quantitative estimate of drug-likeness (QED) is 0.609. The van der Waals surface area contributed by atoms with Gasteiger partial charge in [0.1, 0.15) is 5.84 Å². The van der Waals surface area contributed by atoms with E-state index in [1.54, 1.807) is 11.8 Å². The molecule has 0 aliphatic rings. The second-order valence-electron chi connectivity index (χ2n) is 4.16. The van der Waals surface area contributed by atoms with Crippen LogP contribution in [-0.2, 0) is 5.75 Å². The molecule has 0 heterocycles. The number of nitrogens with one attached hydrogen (secondary N) is 1. The summed E-state index contributed by atoms with van der Waals surface area (Å²) in [5.41, 5.74) is 9.45. The van der Waals surface area contributed by atoms with Gasteiger partial charge >= 0.3 is 0 Å². The van der Waals surface area contributed by atoms with Crippen molar-refractivity contribution in [2.24, 2.45) is 5.73 Å². The van der Waals surface area contributed by atoms with Gasteiger partial charge in [-0.05, 0) is 25.8 Å². The van der Waals surface area contributed by atoms with Crippen molar-refractivity contribution in [3.63, 3.8) is 0 Å². The van der Waals surface area contributed by atoms with Crippen LogP contribution in [0.15, 0.2) is 18.2 Å². The van der Waals surface area contributed by atoms with Crippen molar-refractivity contribution in [3.8, 4) is 0 Å². The van der Waals surface area contributed by atoms with E-state index in [1.165, 1.54) is 16.7 Å². The number of hydrogen-bond acceptors (Lipinski definition) is 2. The van der Waals surface area contributed by atoms with E-state index in [1.807, 2.05) is 0 Å². The lowest BCUT2D eigenvalue weighted by Crippen LogP contribution is -2.24. The summed E-state index contributed by atoms with van der Waals surface area (Å²) in [7, 11) is 0. The van der Waals surface area contributed by atoms with E-state index < -0.39 is 0 Å². The third-order valence-electron chi connectivity index (χ3n) is 2.45. The second-order valence-corrected chi connectivity index (χ2v) is 5.35. The summed E-state index contributed by atoms with van der Waals surface area (Å²) < 4.78 is 0. The molecular weight excluding hydrogens is 216 g/mol. The van der Waals surface area contributed by atoms with Gasteiger partial charge in [-0.3, -0.25) is 5.41 Å². The molecule has 1 aromatic carbocycles. The molecule has 0 fully saturated rings. The molecule has 0 spiro atoms. The molecule has 0 saturated heterocycles. The van der Waals surface area contributed by atoms with Gasteiger partial charge in [0, 0.05) is 5.75 Å². The monoisotopic (exact) mass is 236 g/mol. The predicted molar refractivity (Wildman–Crippen MR) is 73.2 cm³/mol. The van der Waals surface area contributed by atoms with Crippen LogP contribution in [0.25, 0.3) is 0 Å². The van der Waals surface area contributed by atoms with E-state index in [2.05, 4.69) is 39.0 Å². The van der Waals surface area contributed by atoms with Gasteiger partial charge in [0.2, 0.25) is 0 Å². The fourth-order valence-electron chi connectivity index (χ4n) is 1.78. The van der Waals surface area contributed by atoms with Crippen LogP contribution >= 0.6 is 11.8 Å². The predicted octanol–water partition coefficient (Wildman–Crippen LogP) is 3.25. The Bertz CT molecular complexity index is 354. The van der Waals surface area contributed by atoms with E-state index in [4.69, 9.17) is 11.1 Å². The van der Waals surface area contributed by atoms with E-state index >= 15 is 0 Å². The topological polar surface area (TPSA) is 49.9 Å². The molecule has 1 rings (SSSR count). The van der Waals surface area contributed by atoms with E-state index in [0.717, 1.165) is 12.2 Å². The Kier molecular flexibility index (Phi) is 4.87. The van der Waals surface area contributed by atoms with Gasteiger partial charge in [0.25, 0.3) is 0 Å². The van der Waals surface area contributed by atoms with E-state index in [0.29, 0.717) is 0 Å². The van der Waals surface area contributed by atoms with Crippen LogP contribution in [0, 0.1) is 19.3 Å². The Morgan fingerprint density at radius 1 is 1.31 bits per heavy atom. The first kappa shape index (κ1) is 13.1. The van der Waals surface area contributed by atoms with Crippen LogP contribution in [0.2, 0.25) is 0 Å². The zero-order valence-electron chi connectivity index (χ0n) is 10.2. The molecule has 3 heteroatoms. The zero-order valence-corrected chi connectivity index (χ0v) is 11.0. The number of amidine groups is 1. The van der Waals surface area contributed by atoms with E-state index in [-0.39, 0.29) is 11.1 Å². The highest BCUT2D eigenvalue weighted by molar-refractivity contribution is 7.99. The summed E-state index contributed by atoms with van der Waals surface area (Å²) in [6.45, 7) is 6.30. The van der Waals surface area contributed by atoms with Crippen molar-refractivity contribution >= 4 is 17.6 Å². The summed E-state index contributed by atoms with van der Waals surface area (Å²) in [4.78, 5) is 0. The minimum atomic E-state index is 0.154. The fourth-order valence-corrected chi connectivity index (χ4v) is 2.75. The molecule has 0 aliphatic heterocycles. The van der Waals surface area contributed by atoms with Crippen LogP contribution < -0.4 is 5.73 Å². The standard InChI is InChI=1S/C13H20N2S/c1-4-12(13(14)15)16-8-11-6-9(2)5-10(3)7-11/h5-7,12H,4,8H2,1-3H3,(H3,14,15). The Hall–Kier alpha value is -0.960. The van der Waals surface area contributed by atoms with Crippen molar-refractivity contribution in [1.29, 1.82) is 5.41 Å². The fraction of sp³-hybridized carbons (Fsp3) is 0.462. The summed E-state index contributed by atoms with van der Waals surface area (Å²) in [6.07, 6.45) is 0.921. The molecule has 0 saturated carbocycles. The lowest BCUT2D eigenvalue weighted by Gasteiger charge is -2.13. The first-order chi connectivity index (χ1) is 7.52. The van der Waals surface area contributed by atoms with Gasteiger partial charge < -0.3 is 5.73 Å². The average molecular weight is 236 g/mol. The van der Waals surface area contributed by atoms with Crippen LogP contribution in [0.3, 0.4) is 0 Å². The molecule has 1 unspecified atom stereocenters. The molecular formula is C13H20N2S. The summed E-state index contributed by atoms with van der Waals surface area (Å²) >= 11 is 1.75. The highest BCUT2D eigenvalue weighted by atomic mass is 32.2. The van der Waals surface area contributed by atoms with Crippen molar-refractivity contribution in [1.82, 2.24) is 0 Å². The van der Waals surface area contributed by atoms with Crippen LogP contribution in [-0.4, -0.2) is 11.1 Å². The molecule has 3 N–H and O–H groups in total. The smallest absolute Gasteiger partial charge is 0.104 e. The van der Waals surface area contributed by atoms with Crippen molar-refractivity contribution < 1.29 is 0 Å². The number of hydrogen-bond donors (Lipinski definition) is 2.